The number of thiazole rings is 1. The Morgan fingerprint density at radius 3 is 2.78 bits per heavy atom. The molecule has 2 N–H and O–H groups in total. The van der Waals surface area contributed by atoms with Crippen molar-refractivity contribution < 1.29 is 9.63 Å². The van der Waals surface area contributed by atoms with Crippen LogP contribution >= 0.6 is 11.3 Å². The van der Waals surface area contributed by atoms with E-state index in [2.05, 4.69) is 36.3 Å². The Kier molecular flexibility index (Phi) is 5.98. The molecule has 5 heterocycles. The third-order valence-corrected chi connectivity index (χ3v) is 6.88. The van der Waals surface area contributed by atoms with Crippen LogP contribution in [0, 0.1) is 6.92 Å². The van der Waals surface area contributed by atoms with Gasteiger partial charge in [0, 0.05) is 60.0 Å². The van der Waals surface area contributed by atoms with E-state index in [-0.39, 0.29) is 0 Å². The minimum Gasteiger partial charge on any atom is -0.363 e. The lowest BCUT2D eigenvalue weighted by molar-refractivity contribution is -0.115. The van der Waals surface area contributed by atoms with Crippen molar-refractivity contribution in [3.8, 4) is 33.2 Å². The number of nitrogens with one attached hydrogen (secondary N) is 2. The highest BCUT2D eigenvalue weighted by atomic mass is 32.1. The highest BCUT2D eigenvalue weighted by molar-refractivity contribution is 7.13. The number of carbonyl (C=O) groups is 1. The summed E-state index contributed by atoms with van der Waals surface area (Å²) >= 11 is 1.40. The molecule has 0 radical (unpaired) electrons. The van der Waals surface area contributed by atoms with Crippen LogP contribution in [-0.2, 0) is 4.84 Å². The summed E-state index contributed by atoms with van der Waals surface area (Å²) in [5.74, 6) is -0.439. The van der Waals surface area contributed by atoms with Crippen molar-refractivity contribution in [3.05, 3.63) is 71.8 Å². The number of hydrogen-bond acceptors (Lipinski definition) is 9. The number of pyridine rings is 2. The van der Waals surface area contributed by atoms with Crippen LogP contribution in [0.2, 0.25) is 0 Å². The number of nitrogens with zero attached hydrogens (tertiary/aromatic N) is 5. The summed E-state index contributed by atoms with van der Waals surface area (Å²) in [5.41, 5.74) is 6.45. The van der Waals surface area contributed by atoms with Gasteiger partial charge < -0.3 is 15.1 Å². The van der Waals surface area contributed by atoms with Crippen LogP contribution in [0.25, 0.3) is 44.1 Å². The summed E-state index contributed by atoms with van der Waals surface area (Å²) in [6.07, 6.45) is 3.47. The van der Waals surface area contributed by atoms with E-state index in [9.17, 15) is 4.79 Å². The zero-order chi connectivity index (χ0) is 24.5. The molecule has 1 saturated heterocycles. The van der Waals surface area contributed by atoms with Gasteiger partial charge in [-0.05, 0) is 37.3 Å². The molecule has 1 fully saturated rings. The summed E-state index contributed by atoms with van der Waals surface area (Å²) < 4.78 is 0. The molecule has 4 aromatic heterocycles. The fourth-order valence-corrected chi connectivity index (χ4v) is 4.96. The Morgan fingerprint density at radius 1 is 1.06 bits per heavy atom. The zero-order valence-corrected chi connectivity index (χ0v) is 20.4. The molecule has 180 valence electrons. The second kappa shape index (κ2) is 9.57. The molecule has 10 heteroatoms. The molecule has 36 heavy (non-hydrogen) atoms. The molecule has 1 aliphatic rings. The molecular weight excluding hydrogens is 474 g/mol. The summed E-state index contributed by atoms with van der Waals surface area (Å²) in [4.78, 5) is 39.6. The third-order valence-electron chi connectivity index (χ3n) is 5.99. The third kappa shape index (κ3) is 4.49. The van der Waals surface area contributed by atoms with Crippen molar-refractivity contribution in [1.82, 2.24) is 35.3 Å². The van der Waals surface area contributed by atoms with E-state index in [1.165, 1.54) is 11.3 Å². The van der Waals surface area contributed by atoms with E-state index >= 15 is 0 Å². The predicted molar refractivity (Wildman–Crippen MR) is 138 cm³/mol. The van der Waals surface area contributed by atoms with Gasteiger partial charge in [-0.15, -0.1) is 16.4 Å². The molecule has 5 aromatic rings. The van der Waals surface area contributed by atoms with E-state index < -0.39 is 5.97 Å². The SMILES string of the molecule is Cc1cccc(-c2[nH]cnc2-c2ccc3ncc(-c4nc(C(=O)ON5CCNCC5)cs4)cc3c2)n1. The summed E-state index contributed by atoms with van der Waals surface area (Å²) in [5, 5.41) is 8.30. The molecule has 0 spiro atoms. The number of rotatable bonds is 5. The van der Waals surface area contributed by atoms with Crippen molar-refractivity contribution in [2.24, 2.45) is 0 Å². The number of hydroxylamine groups is 2. The monoisotopic (exact) mass is 497 g/mol. The number of aromatic amines is 1. The molecule has 9 nitrogen and oxygen atoms in total. The number of aryl methyl sites for hydroxylation is 1. The van der Waals surface area contributed by atoms with E-state index in [1.54, 1.807) is 23.0 Å². The van der Waals surface area contributed by atoms with Gasteiger partial charge in [-0.2, -0.15) is 0 Å². The average molecular weight is 498 g/mol. The highest BCUT2D eigenvalue weighted by Crippen LogP contribution is 2.32. The summed E-state index contributed by atoms with van der Waals surface area (Å²) in [6, 6.07) is 14.0. The number of fused-ring (bicyclic) bond motifs is 1. The number of hydrogen-bond donors (Lipinski definition) is 2. The molecule has 0 atom stereocenters. The lowest BCUT2D eigenvalue weighted by atomic mass is 10.0. The Morgan fingerprint density at radius 2 is 1.92 bits per heavy atom. The summed E-state index contributed by atoms with van der Waals surface area (Å²) in [7, 11) is 0. The van der Waals surface area contributed by atoms with Gasteiger partial charge in [-0.3, -0.25) is 9.97 Å². The maximum Gasteiger partial charge on any atom is 0.376 e. The number of imidazole rings is 1. The van der Waals surface area contributed by atoms with Crippen LogP contribution in [0.15, 0.2) is 60.4 Å². The van der Waals surface area contributed by atoms with Gasteiger partial charge in [0.1, 0.15) is 5.01 Å². The number of carbonyl (C=O) groups excluding carboxylic acids is 1. The Labute approximate surface area is 211 Å². The van der Waals surface area contributed by atoms with Gasteiger partial charge >= 0.3 is 5.97 Å². The Balaban J connectivity index is 1.28. The standard InChI is InChI=1S/C26H23N7O2S/c1-16-3-2-4-21(31-16)24-23(29-15-30-24)17-5-6-20-18(11-17)12-19(13-28-20)25-32-22(14-36-25)26(34)35-33-9-7-27-8-10-33/h2-6,11-15,27H,7-10H2,1H3,(H,29,30). The number of piperazine rings is 1. The molecule has 0 saturated carbocycles. The average Bonchev–Trinajstić information content (AvgIpc) is 3.59. The second-order valence-corrected chi connectivity index (χ2v) is 9.38. The van der Waals surface area contributed by atoms with E-state index in [1.807, 2.05) is 43.3 Å². The van der Waals surface area contributed by atoms with E-state index in [4.69, 9.17) is 4.84 Å². The molecule has 1 aromatic carbocycles. The highest BCUT2D eigenvalue weighted by Gasteiger charge is 2.19. The topological polar surface area (TPSA) is 109 Å². The van der Waals surface area contributed by atoms with Crippen LogP contribution in [0.5, 0.6) is 0 Å². The molecule has 0 bridgehead atoms. The maximum atomic E-state index is 12.5. The first-order chi connectivity index (χ1) is 17.6. The van der Waals surface area contributed by atoms with Crippen molar-refractivity contribution >= 4 is 28.2 Å². The molecular formula is C26H23N7O2S. The van der Waals surface area contributed by atoms with Crippen LogP contribution in [0.3, 0.4) is 0 Å². The van der Waals surface area contributed by atoms with Crippen molar-refractivity contribution in [3.63, 3.8) is 0 Å². The number of benzene rings is 1. The van der Waals surface area contributed by atoms with E-state index in [0.29, 0.717) is 23.8 Å². The fourth-order valence-electron chi connectivity index (χ4n) is 4.19. The molecule has 0 unspecified atom stereocenters. The van der Waals surface area contributed by atoms with Gasteiger partial charge in [0.2, 0.25) is 0 Å². The first-order valence-electron chi connectivity index (χ1n) is 11.7. The lowest BCUT2D eigenvalue weighted by Gasteiger charge is -2.25. The Bertz CT molecular complexity index is 1560. The largest absolute Gasteiger partial charge is 0.376 e. The normalized spacial score (nSPS) is 14.2. The lowest BCUT2D eigenvalue weighted by Crippen LogP contribution is -2.44. The minimum absolute atomic E-state index is 0.300. The second-order valence-electron chi connectivity index (χ2n) is 8.52. The van der Waals surface area contributed by atoms with Crippen molar-refractivity contribution in [2.75, 3.05) is 26.2 Å². The number of H-pyrrole nitrogens is 1. The van der Waals surface area contributed by atoms with Crippen molar-refractivity contribution in [2.45, 2.75) is 6.92 Å². The van der Waals surface area contributed by atoms with Crippen LogP contribution in [0.4, 0.5) is 0 Å². The number of aromatic nitrogens is 5. The van der Waals surface area contributed by atoms with Gasteiger partial charge in [0.15, 0.2) is 5.69 Å². The Hall–Kier alpha value is -3.99. The molecule has 0 amide bonds. The summed E-state index contributed by atoms with van der Waals surface area (Å²) in [6.45, 7) is 4.88. The molecule has 0 aliphatic carbocycles. The van der Waals surface area contributed by atoms with Gasteiger partial charge in [0.25, 0.3) is 0 Å². The van der Waals surface area contributed by atoms with E-state index in [0.717, 1.165) is 57.9 Å². The quantitative estimate of drug-likeness (QED) is 0.374. The smallest absolute Gasteiger partial charge is 0.363 e. The van der Waals surface area contributed by atoms with Gasteiger partial charge in [-0.25, -0.2) is 14.8 Å². The first kappa shape index (κ1) is 22.5. The predicted octanol–water partition coefficient (Wildman–Crippen LogP) is 4.10. The van der Waals surface area contributed by atoms with Crippen LogP contribution in [-0.4, -0.2) is 62.1 Å². The maximum absolute atomic E-state index is 12.5. The van der Waals surface area contributed by atoms with Gasteiger partial charge in [0.05, 0.1) is 28.9 Å². The first-order valence-corrected chi connectivity index (χ1v) is 12.5. The minimum atomic E-state index is -0.439. The molecule has 1 aliphatic heterocycles. The zero-order valence-electron chi connectivity index (χ0n) is 19.6. The van der Waals surface area contributed by atoms with Crippen LogP contribution < -0.4 is 5.32 Å². The molecule has 6 rings (SSSR count). The van der Waals surface area contributed by atoms with Crippen LogP contribution in [0.1, 0.15) is 16.2 Å². The fraction of sp³-hybridized carbons (Fsp3) is 0.192. The van der Waals surface area contributed by atoms with Crippen molar-refractivity contribution in [1.29, 1.82) is 0 Å². The van der Waals surface area contributed by atoms with Gasteiger partial charge in [-0.1, -0.05) is 12.1 Å².